The van der Waals surface area contributed by atoms with Crippen molar-refractivity contribution in [2.75, 3.05) is 13.2 Å². The zero-order valence-electron chi connectivity index (χ0n) is 12.6. The van der Waals surface area contributed by atoms with E-state index in [4.69, 9.17) is 9.47 Å². The molecule has 0 amide bonds. The highest BCUT2D eigenvalue weighted by Crippen LogP contribution is 2.24. The van der Waals surface area contributed by atoms with E-state index in [0.29, 0.717) is 0 Å². The SMILES string of the molecule is CCOC(=O)C1=CC(C)=C(C)NC1=C(C#N)C(=O)OCC. The fraction of sp³-hybridized carbons (Fsp3) is 0.400. The summed E-state index contributed by atoms with van der Waals surface area (Å²) in [6.07, 6.45) is 1.59. The number of carbonyl (C=O) groups is 2. The summed E-state index contributed by atoms with van der Waals surface area (Å²) < 4.78 is 9.81. The molecule has 0 bridgehead atoms. The van der Waals surface area contributed by atoms with Gasteiger partial charge >= 0.3 is 11.9 Å². The lowest BCUT2D eigenvalue weighted by Crippen LogP contribution is -2.27. The monoisotopic (exact) mass is 290 g/mol. The third-order valence-electron chi connectivity index (χ3n) is 2.87. The molecule has 0 radical (unpaired) electrons. The third-order valence-corrected chi connectivity index (χ3v) is 2.87. The largest absolute Gasteiger partial charge is 0.462 e. The molecule has 0 atom stereocenters. The number of hydrogen-bond acceptors (Lipinski definition) is 6. The Hall–Kier alpha value is -2.55. The first kappa shape index (κ1) is 16.5. The molecule has 0 saturated heterocycles. The molecule has 1 aliphatic heterocycles. The highest BCUT2D eigenvalue weighted by molar-refractivity contribution is 6.01. The van der Waals surface area contributed by atoms with Crippen molar-refractivity contribution >= 4 is 11.9 Å². The molecule has 112 valence electrons. The van der Waals surface area contributed by atoms with Crippen LogP contribution in [0.3, 0.4) is 0 Å². The second kappa shape index (κ2) is 7.29. The van der Waals surface area contributed by atoms with Gasteiger partial charge in [0.05, 0.1) is 24.5 Å². The van der Waals surface area contributed by atoms with Gasteiger partial charge in [0.2, 0.25) is 0 Å². The summed E-state index contributed by atoms with van der Waals surface area (Å²) >= 11 is 0. The molecule has 0 fully saturated rings. The third kappa shape index (κ3) is 3.72. The Labute approximate surface area is 123 Å². The van der Waals surface area contributed by atoms with Crippen molar-refractivity contribution in [3.8, 4) is 6.07 Å². The summed E-state index contributed by atoms with van der Waals surface area (Å²) in [4.78, 5) is 23.9. The number of nitrogens with zero attached hydrogens (tertiary/aromatic N) is 1. The standard InChI is InChI=1S/C15H18N2O4/c1-5-20-14(18)11-7-9(3)10(4)17-13(11)12(8-16)15(19)21-6-2/h7,17H,5-6H2,1-4H3. The van der Waals surface area contributed by atoms with Crippen LogP contribution in [0.5, 0.6) is 0 Å². The minimum Gasteiger partial charge on any atom is -0.462 e. The number of dihydropyridines is 1. The second-order valence-electron chi connectivity index (χ2n) is 4.29. The van der Waals surface area contributed by atoms with Crippen LogP contribution < -0.4 is 5.32 Å². The van der Waals surface area contributed by atoms with Gasteiger partial charge in [-0.3, -0.25) is 0 Å². The maximum atomic E-state index is 12.0. The van der Waals surface area contributed by atoms with Crippen LogP contribution in [0.4, 0.5) is 0 Å². The number of nitrogens with one attached hydrogen (secondary N) is 1. The first-order valence-electron chi connectivity index (χ1n) is 6.61. The van der Waals surface area contributed by atoms with Crippen LogP contribution in [0.1, 0.15) is 27.7 Å². The second-order valence-corrected chi connectivity index (χ2v) is 4.29. The molecular formula is C15H18N2O4. The molecule has 1 N–H and O–H groups in total. The zero-order chi connectivity index (χ0) is 16.0. The van der Waals surface area contributed by atoms with Crippen LogP contribution in [-0.4, -0.2) is 25.2 Å². The van der Waals surface area contributed by atoms with Crippen LogP contribution in [0.25, 0.3) is 0 Å². The number of nitriles is 1. The number of esters is 2. The fourth-order valence-corrected chi connectivity index (χ4v) is 1.72. The van der Waals surface area contributed by atoms with Crippen molar-refractivity contribution in [1.29, 1.82) is 5.26 Å². The van der Waals surface area contributed by atoms with E-state index in [2.05, 4.69) is 5.32 Å². The highest BCUT2D eigenvalue weighted by atomic mass is 16.5. The lowest BCUT2D eigenvalue weighted by atomic mass is 9.99. The fourth-order valence-electron chi connectivity index (χ4n) is 1.72. The van der Waals surface area contributed by atoms with E-state index >= 15 is 0 Å². The first-order valence-corrected chi connectivity index (χ1v) is 6.61. The Balaban J connectivity index is 3.38. The molecule has 0 aliphatic carbocycles. The topological polar surface area (TPSA) is 88.4 Å². The molecule has 0 unspecified atom stereocenters. The Kier molecular flexibility index (Phi) is 5.73. The van der Waals surface area contributed by atoms with Gasteiger partial charge in [0, 0.05) is 5.70 Å². The summed E-state index contributed by atoms with van der Waals surface area (Å²) in [6.45, 7) is 7.27. The molecule has 1 heterocycles. The molecule has 0 saturated carbocycles. The smallest absolute Gasteiger partial charge is 0.351 e. The maximum Gasteiger partial charge on any atom is 0.351 e. The van der Waals surface area contributed by atoms with Crippen molar-refractivity contribution in [3.05, 3.63) is 34.2 Å². The van der Waals surface area contributed by atoms with Gasteiger partial charge in [-0.15, -0.1) is 0 Å². The Morgan fingerprint density at radius 2 is 1.86 bits per heavy atom. The highest BCUT2D eigenvalue weighted by Gasteiger charge is 2.27. The van der Waals surface area contributed by atoms with Gasteiger partial charge in [0.15, 0.2) is 5.57 Å². The average Bonchev–Trinajstić information content (AvgIpc) is 2.43. The molecular weight excluding hydrogens is 272 g/mol. The molecule has 0 aromatic carbocycles. The van der Waals surface area contributed by atoms with E-state index < -0.39 is 11.9 Å². The lowest BCUT2D eigenvalue weighted by molar-refractivity contribution is -0.138. The van der Waals surface area contributed by atoms with E-state index in [-0.39, 0.29) is 30.1 Å². The van der Waals surface area contributed by atoms with Gasteiger partial charge in [-0.2, -0.15) is 5.26 Å². The number of hydrogen-bond donors (Lipinski definition) is 1. The molecule has 0 aromatic heterocycles. The molecule has 6 heteroatoms. The Bertz CT molecular complexity index is 591. The summed E-state index contributed by atoms with van der Waals surface area (Å²) in [5.74, 6) is -1.37. The van der Waals surface area contributed by atoms with Crippen LogP contribution in [0.2, 0.25) is 0 Å². The molecule has 1 rings (SSSR count). The predicted octanol–water partition coefficient (Wildman–Crippen LogP) is 1.71. The van der Waals surface area contributed by atoms with E-state index in [1.54, 1.807) is 32.9 Å². The van der Waals surface area contributed by atoms with Crippen LogP contribution in [-0.2, 0) is 19.1 Å². The zero-order valence-corrected chi connectivity index (χ0v) is 12.6. The minimum absolute atomic E-state index is 0.123. The van der Waals surface area contributed by atoms with E-state index in [1.807, 2.05) is 6.92 Å². The summed E-state index contributed by atoms with van der Waals surface area (Å²) in [5.41, 5.74) is 1.59. The number of rotatable bonds is 4. The molecule has 1 aliphatic rings. The Morgan fingerprint density at radius 3 is 2.38 bits per heavy atom. The van der Waals surface area contributed by atoms with E-state index in [1.165, 1.54) is 0 Å². The van der Waals surface area contributed by atoms with Crippen LogP contribution >= 0.6 is 0 Å². The molecule has 21 heavy (non-hydrogen) atoms. The van der Waals surface area contributed by atoms with Gasteiger partial charge < -0.3 is 14.8 Å². The number of ether oxygens (including phenoxy) is 2. The van der Waals surface area contributed by atoms with Gasteiger partial charge in [-0.25, -0.2) is 9.59 Å². The Morgan fingerprint density at radius 1 is 1.24 bits per heavy atom. The minimum atomic E-state index is -0.773. The molecule has 0 aromatic rings. The van der Waals surface area contributed by atoms with Crippen LogP contribution in [0, 0.1) is 11.3 Å². The van der Waals surface area contributed by atoms with Gasteiger partial charge in [0.1, 0.15) is 6.07 Å². The van der Waals surface area contributed by atoms with E-state index in [0.717, 1.165) is 11.3 Å². The van der Waals surface area contributed by atoms with Crippen molar-refractivity contribution < 1.29 is 19.1 Å². The summed E-state index contributed by atoms with van der Waals surface area (Å²) in [7, 11) is 0. The van der Waals surface area contributed by atoms with Crippen molar-refractivity contribution in [3.63, 3.8) is 0 Å². The predicted molar refractivity (Wildman–Crippen MR) is 75.5 cm³/mol. The van der Waals surface area contributed by atoms with E-state index in [9.17, 15) is 14.9 Å². The summed E-state index contributed by atoms with van der Waals surface area (Å²) in [6, 6.07) is 1.79. The first-order chi connectivity index (χ1) is 9.96. The lowest BCUT2D eigenvalue weighted by Gasteiger charge is -2.21. The summed E-state index contributed by atoms with van der Waals surface area (Å²) in [5, 5.41) is 12.1. The molecule has 6 nitrogen and oxygen atoms in total. The normalized spacial score (nSPS) is 16.4. The number of allylic oxidation sites excluding steroid dienone is 3. The van der Waals surface area contributed by atoms with Crippen molar-refractivity contribution in [2.24, 2.45) is 0 Å². The van der Waals surface area contributed by atoms with Gasteiger partial charge in [0.25, 0.3) is 0 Å². The average molecular weight is 290 g/mol. The van der Waals surface area contributed by atoms with Crippen molar-refractivity contribution in [1.82, 2.24) is 5.32 Å². The van der Waals surface area contributed by atoms with Gasteiger partial charge in [-0.05, 0) is 39.3 Å². The number of carbonyl (C=O) groups excluding carboxylic acids is 2. The van der Waals surface area contributed by atoms with Crippen LogP contribution in [0.15, 0.2) is 34.2 Å². The maximum absolute atomic E-state index is 12.0. The molecule has 0 spiro atoms. The van der Waals surface area contributed by atoms with Gasteiger partial charge in [-0.1, -0.05) is 0 Å². The van der Waals surface area contributed by atoms with Crippen molar-refractivity contribution in [2.45, 2.75) is 27.7 Å². The quantitative estimate of drug-likeness (QED) is 0.482.